The van der Waals surface area contributed by atoms with Gasteiger partial charge < -0.3 is 11.1 Å². The Morgan fingerprint density at radius 1 is 1.45 bits per heavy atom. The maximum atomic E-state index is 13.4. The van der Waals surface area contributed by atoms with E-state index in [-0.39, 0.29) is 5.56 Å². The van der Waals surface area contributed by atoms with Gasteiger partial charge in [0.1, 0.15) is 5.82 Å². The summed E-state index contributed by atoms with van der Waals surface area (Å²) < 4.78 is 13.4. The molecule has 2 rings (SSSR count). The molecule has 0 spiro atoms. The molecule has 0 heterocycles. The van der Waals surface area contributed by atoms with Crippen LogP contribution >= 0.6 is 0 Å². The minimum Gasteiger partial charge on any atom is -0.382 e. The second-order valence-electron chi connectivity index (χ2n) is 6.69. The third-order valence-corrected chi connectivity index (χ3v) is 4.28. The van der Waals surface area contributed by atoms with Gasteiger partial charge in [0.2, 0.25) is 0 Å². The van der Waals surface area contributed by atoms with Crippen LogP contribution < -0.4 is 11.1 Å². The lowest BCUT2D eigenvalue weighted by Gasteiger charge is -2.40. The van der Waals surface area contributed by atoms with Gasteiger partial charge in [-0.25, -0.2) is 4.39 Å². The van der Waals surface area contributed by atoms with Crippen LogP contribution in [0.4, 0.5) is 10.1 Å². The van der Waals surface area contributed by atoms with Gasteiger partial charge in [-0.3, -0.25) is 4.79 Å². The maximum Gasteiger partial charge on any atom is 0.251 e. The van der Waals surface area contributed by atoms with Crippen molar-refractivity contribution in [3.63, 3.8) is 0 Å². The smallest absolute Gasteiger partial charge is 0.251 e. The lowest BCUT2D eigenvalue weighted by Crippen LogP contribution is -2.36. The van der Waals surface area contributed by atoms with Crippen molar-refractivity contribution < 1.29 is 9.18 Å². The van der Waals surface area contributed by atoms with Crippen LogP contribution in [-0.4, -0.2) is 11.9 Å². The zero-order chi connectivity index (χ0) is 14.9. The summed E-state index contributed by atoms with van der Waals surface area (Å²) in [5, 5.41) is 3.42. The second kappa shape index (κ2) is 5.43. The molecule has 1 aliphatic rings. The Balaban J connectivity index is 2.11. The highest BCUT2D eigenvalue weighted by molar-refractivity contribution is 5.94. The van der Waals surface area contributed by atoms with Crippen molar-refractivity contribution >= 4 is 11.6 Å². The molecule has 4 heteroatoms. The number of carbonyl (C=O) groups is 1. The van der Waals surface area contributed by atoms with Crippen LogP contribution in [0, 0.1) is 17.2 Å². The molecule has 3 N–H and O–H groups in total. The van der Waals surface area contributed by atoms with Crippen LogP contribution in [0.15, 0.2) is 18.2 Å². The average Bonchev–Trinajstić information content (AvgIpc) is 2.34. The van der Waals surface area contributed by atoms with E-state index in [1.165, 1.54) is 18.6 Å². The van der Waals surface area contributed by atoms with Crippen LogP contribution in [0.25, 0.3) is 0 Å². The van der Waals surface area contributed by atoms with E-state index >= 15 is 0 Å². The van der Waals surface area contributed by atoms with Gasteiger partial charge in [0.25, 0.3) is 5.91 Å². The van der Waals surface area contributed by atoms with Gasteiger partial charge >= 0.3 is 0 Å². The van der Waals surface area contributed by atoms with E-state index in [1.807, 2.05) is 0 Å². The van der Waals surface area contributed by atoms with Crippen LogP contribution in [0.2, 0.25) is 0 Å². The largest absolute Gasteiger partial charge is 0.382 e. The fourth-order valence-corrected chi connectivity index (χ4v) is 3.18. The number of nitrogens with two attached hydrogens (primary N) is 1. The molecule has 1 aromatic rings. The molecular weight excluding hydrogens is 255 g/mol. The zero-order valence-corrected chi connectivity index (χ0v) is 12.4. The van der Waals surface area contributed by atoms with Gasteiger partial charge in [-0.15, -0.1) is 0 Å². The molecule has 2 unspecified atom stereocenters. The van der Waals surface area contributed by atoms with Gasteiger partial charge in [0, 0.05) is 11.7 Å². The molecule has 1 aliphatic carbocycles. The van der Waals surface area contributed by atoms with Gasteiger partial charge in [-0.1, -0.05) is 20.8 Å². The number of hydrogen-bond donors (Lipinski definition) is 2. The van der Waals surface area contributed by atoms with Crippen molar-refractivity contribution in [2.24, 2.45) is 17.1 Å². The Morgan fingerprint density at radius 3 is 2.75 bits per heavy atom. The molecule has 0 aromatic heterocycles. The lowest BCUT2D eigenvalue weighted by molar-refractivity contribution is 0.0996. The summed E-state index contributed by atoms with van der Waals surface area (Å²) in [5.74, 6) is -0.759. The first-order valence-electron chi connectivity index (χ1n) is 7.14. The van der Waals surface area contributed by atoms with E-state index in [9.17, 15) is 9.18 Å². The summed E-state index contributed by atoms with van der Waals surface area (Å²) >= 11 is 0. The lowest BCUT2D eigenvalue weighted by atomic mass is 9.70. The first-order chi connectivity index (χ1) is 9.28. The van der Waals surface area contributed by atoms with Crippen molar-refractivity contribution in [1.29, 1.82) is 0 Å². The number of rotatable bonds is 3. The molecule has 2 atom stereocenters. The number of benzene rings is 1. The van der Waals surface area contributed by atoms with Crippen molar-refractivity contribution in [2.75, 3.05) is 5.32 Å². The topological polar surface area (TPSA) is 55.1 Å². The van der Waals surface area contributed by atoms with E-state index in [0.29, 0.717) is 17.4 Å². The fraction of sp³-hybridized carbons (Fsp3) is 0.562. The third kappa shape index (κ3) is 3.30. The summed E-state index contributed by atoms with van der Waals surface area (Å²) in [4.78, 5) is 11.2. The Hall–Kier alpha value is -1.58. The highest BCUT2D eigenvalue weighted by Crippen LogP contribution is 2.39. The number of amides is 1. The summed E-state index contributed by atoms with van der Waals surface area (Å²) in [6.07, 6.45) is 3.41. The third-order valence-electron chi connectivity index (χ3n) is 4.28. The number of nitrogens with one attached hydrogen (secondary N) is 1. The first-order valence-corrected chi connectivity index (χ1v) is 7.14. The Labute approximate surface area is 119 Å². The summed E-state index contributed by atoms with van der Waals surface area (Å²) in [7, 11) is 0. The fourth-order valence-electron chi connectivity index (χ4n) is 3.18. The van der Waals surface area contributed by atoms with E-state index < -0.39 is 11.7 Å². The summed E-state index contributed by atoms with van der Waals surface area (Å²) in [6, 6.07) is 4.81. The Bertz CT molecular complexity index is 513. The number of halogens is 1. The predicted molar refractivity (Wildman–Crippen MR) is 79.1 cm³/mol. The van der Waals surface area contributed by atoms with Crippen molar-refractivity contribution in [3.8, 4) is 0 Å². The molecule has 1 fully saturated rings. The molecule has 0 saturated heterocycles. The number of primary amides is 1. The van der Waals surface area contributed by atoms with Gasteiger partial charge in [0.15, 0.2) is 0 Å². The van der Waals surface area contributed by atoms with Crippen LogP contribution in [-0.2, 0) is 0 Å². The number of hydrogen-bond acceptors (Lipinski definition) is 2. The molecule has 0 radical (unpaired) electrons. The second-order valence-corrected chi connectivity index (χ2v) is 6.69. The minimum atomic E-state index is -0.732. The molecule has 3 nitrogen and oxygen atoms in total. The molecular formula is C16H23FN2O. The Morgan fingerprint density at radius 2 is 2.15 bits per heavy atom. The first kappa shape index (κ1) is 14.8. The maximum absolute atomic E-state index is 13.4. The van der Waals surface area contributed by atoms with Crippen molar-refractivity contribution in [1.82, 2.24) is 0 Å². The predicted octanol–water partition coefficient (Wildman–Crippen LogP) is 3.55. The van der Waals surface area contributed by atoms with Gasteiger partial charge in [0.05, 0.1) is 5.56 Å². The van der Waals surface area contributed by atoms with Crippen molar-refractivity contribution in [2.45, 2.75) is 46.1 Å². The van der Waals surface area contributed by atoms with Gasteiger partial charge in [-0.2, -0.15) is 0 Å². The minimum absolute atomic E-state index is 0.0567. The molecule has 1 amide bonds. The normalized spacial score (nSPS) is 25.2. The number of anilines is 1. The molecule has 1 aromatic carbocycles. The summed E-state index contributed by atoms with van der Waals surface area (Å²) in [6.45, 7) is 6.82. The summed E-state index contributed by atoms with van der Waals surface area (Å²) in [5.41, 5.74) is 6.26. The van der Waals surface area contributed by atoms with E-state index in [0.717, 1.165) is 18.5 Å². The zero-order valence-electron chi connectivity index (χ0n) is 12.4. The average molecular weight is 278 g/mol. The standard InChI is InChI=1S/C16H23FN2O/c1-10-9-16(2,3)7-6-14(10)19-11-4-5-13(17)12(8-11)15(18)20/h4-5,8,10,14,19H,6-7,9H2,1-3H3,(H2,18,20). The van der Waals surface area contributed by atoms with E-state index in [4.69, 9.17) is 5.73 Å². The highest BCUT2D eigenvalue weighted by Gasteiger charge is 2.32. The van der Waals surface area contributed by atoms with E-state index in [2.05, 4.69) is 26.1 Å². The SMILES string of the molecule is CC1CC(C)(C)CCC1Nc1ccc(F)c(C(N)=O)c1. The van der Waals surface area contributed by atoms with Crippen LogP contribution in [0.3, 0.4) is 0 Å². The van der Waals surface area contributed by atoms with Crippen LogP contribution in [0.5, 0.6) is 0 Å². The monoisotopic (exact) mass is 278 g/mol. The molecule has 20 heavy (non-hydrogen) atoms. The Kier molecular flexibility index (Phi) is 4.02. The van der Waals surface area contributed by atoms with E-state index in [1.54, 1.807) is 6.07 Å². The molecule has 110 valence electrons. The highest BCUT2D eigenvalue weighted by atomic mass is 19.1. The molecule has 0 aliphatic heterocycles. The van der Waals surface area contributed by atoms with Crippen molar-refractivity contribution in [3.05, 3.63) is 29.6 Å². The van der Waals surface area contributed by atoms with Gasteiger partial charge in [-0.05, 0) is 48.8 Å². The quantitative estimate of drug-likeness (QED) is 0.888. The van der Waals surface area contributed by atoms with Crippen LogP contribution in [0.1, 0.15) is 50.4 Å². The molecule has 0 bridgehead atoms. The molecule has 1 saturated carbocycles. The number of carbonyl (C=O) groups excluding carboxylic acids is 1.